The second kappa shape index (κ2) is 10.4. The van der Waals surface area contributed by atoms with Crippen LogP contribution in [0, 0.1) is 5.82 Å². The Labute approximate surface area is 152 Å². The summed E-state index contributed by atoms with van der Waals surface area (Å²) in [7, 11) is 0. The average Bonchev–Trinajstić information content (AvgIpc) is 2.66. The summed E-state index contributed by atoms with van der Waals surface area (Å²) in [4.78, 5) is 12.1. The Balaban J connectivity index is 1.84. The maximum atomic E-state index is 13.6. The first-order valence-corrected chi connectivity index (χ1v) is 8.47. The van der Waals surface area contributed by atoms with Gasteiger partial charge < -0.3 is 20.5 Å². The highest BCUT2D eigenvalue weighted by Gasteiger charge is 2.21. The Morgan fingerprint density at radius 3 is 2.54 bits per heavy atom. The van der Waals surface area contributed by atoms with Crippen molar-refractivity contribution in [3.8, 4) is 5.75 Å². The molecule has 0 aliphatic carbocycles. The number of carbonyl (C=O) groups is 1. The van der Waals surface area contributed by atoms with Gasteiger partial charge in [0.25, 0.3) is 0 Å². The van der Waals surface area contributed by atoms with Gasteiger partial charge in [-0.15, -0.1) is 0 Å². The zero-order chi connectivity index (χ0) is 18.8. The summed E-state index contributed by atoms with van der Waals surface area (Å²) in [6.07, 6.45) is -1.79. The quantitative estimate of drug-likeness (QED) is 0.515. The van der Waals surface area contributed by atoms with Crippen LogP contribution in [-0.4, -0.2) is 36.6 Å². The molecule has 0 radical (unpaired) electrons. The maximum Gasteiger partial charge on any atom is 0.316 e. The molecule has 7 heteroatoms. The number of amides is 2. The van der Waals surface area contributed by atoms with Crippen molar-refractivity contribution in [1.82, 2.24) is 16.0 Å². The lowest BCUT2D eigenvalue weighted by Gasteiger charge is -2.25. The lowest BCUT2D eigenvalue weighted by Crippen LogP contribution is -2.56. The van der Waals surface area contributed by atoms with Crippen molar-refractivity contribution in [3.63, 3.8) is 0 Å². The van der Waals surface area contributed by atoms with Gasteiger partial charge in [0.05, 0.1) is 0 Å². The van der Waals surface area contributed by atoms with Gasteiger partial charge in [-0.1, -0.05) is 49.4 Å². The summed E-state index contributed by atoms with van der Waals surface area (Å²) in [5.41, 5.74) is 0.964. The van der Waals surface area contributed by atoms with Crippen molar-refractivity contribution >= 4 is 6.03 Å². The van der Waals surface area contributed by atoms with Crippen LogP contribution in [-0.2, 0) is 6.54 Å². The highest BCUT2D eigenvalue weighted by molar-refractivity contribution is 5.74. The first kappa shape index (κ1) is 19.7. The summed E-state index contributed by atoms with van der Waals surface area (Å²) in [5.74, 6) is -0.455. The van der Waals surface area contributed by atoms with Crippen LogP contribution in [0.2, 0.25) is 0 Å². The standard InChI is InChI=1S/C19H24FN3O3/c1-2-21-18(16(24)13-26-17-11-7-6-10-15(17)20)23-19(25)22-12-14-8-4-3-5-9-14/h3-11,16,18,21,24H,2,12-13H2,1H3,(H2,22,23,25). The van der Waals surface area contributed by atoms with E-state index in [9.17, 15) is 14.3 Å². The van der Waals surface area contributed by atoms with Crippen LogP contribution in [0.3, 0.4) is 0 Å². The van der Waals surface area contributed by atoms with E-state index in [1.165, 1.54) is 12.1 Å². The molecule has 0 aliphatic heterocycles. The molecule has 2 aromatic rings. The first-order valence-electron chi connectivity index (χ1n) is 8.47. The topological polar surface area (TPSA) is 82.6 Å². The number of para-hydroxylation sites is 1. The van der Waals surface area contributed by atoms with Gasteiger partial charge in [0, 0.05) is 6.54 Å². The Kier molecular flexibility index (Phi) is 7.85. The summed E-state index contributed by atoms with van der Waals surface area (Å²) in [6.45, 7) is 2.58. The molecular formula is C19H24FN3O3. The van der Waals surface area contributed by atoms with E-state index < -0.39 is 24.1 Å². The number of aliphatic hydroxyl groups excluding tert-OH is 1. The maximum absolute atomic E-state index is 13.6. The summed E-state index contributed by atoms with van der Waals surface area (Å²) in [6, 6.07) is 15.0. The van der Waals surface area contributed by atoms with Crippen LogP contribution in [0.25, 0.3) is 0 Å². The molecule has 0 fully saturated rings. The molecule has 6 nitrogen and oxygen atoms in total. The molecule has 0 heterocycles. The molecule has 0 aromatic heterocycles. The van der Waals surface area contributed by atoms with Crippen molar-refractivity contribution in [3.05, 3.63) is 66.0 Å². The number of hydrogen-bond acceptors (Lipinski definition) is 4. The Morgan fingerprint density at radius 1 is 1.15 bits per heavy atom. The third-order valence-corrected chi connectivity index (χ3v) is 3.64. The van der Waals surface area contributed by atoms with Crippen LogP contribution in [0.5, 0.6) is 5.75 Å². The molecule has 0 saturated heterocycles. The van der Waals surface area contributed by atoms with Gasteiger partial charge in [-0.05, 0) is 24.2 Å². The minimum atomic E-state index is -1.06. The van der Waals surface area contributed by atoms with E-state index >= 15 is 0 Å². The molecule has 140 valence electrons. The minimum absolute atomic E-state index is 0.0512. The number of aliphatic hydroxyl groups is 1. The molecule has 2 aromatic carbocycles. The van der Waals surface area contributed by atoms with E-state index in [1.807, 2.05) is 37.3 Å². The number of hydrogen-bond donors (Lipinski definition) is 4. The van der Waals surface area contributed by atoms with E-state index in [4.69, 9.17) is 4.74 Å². The fourth-order valence-electron chi connectivity index (χ4n) is 2.31. The van der Waals surface area contributed by atoms with Crippen molar-refractivity contribution in [2.24, 2.45) is 0 Å². The zero-order valence-corrected chi connectivity index (χ0v) is 14.6. The molecule has 4 N–H and O–H groups in total. The molecule has 2 amide bonds. The molecule has 0 bridgehead atoms. The highest BCUT2D eigenvalue weighted by Crippen LogP contribution is 2.15. The summed E-state index contributed by atoms with van der Waals surface area (Å²) in [5, 5.41) is 18.6. The fraction of sp³-hybridized carbons (Fsp3) is 0.316. The largest absolute Gasteiger partial charge is 0.488 e. The van der Waals surface area contributed by atoms with E-state index in [-0.39, 0.29) is 12.4 Å². The van der Waals surface area contributed by atoms with Gasteiger partial charge in [-0.2, -0.15) is 0 Å². The third kappa shape index (κ3) is 6.34. The van der Waals surface area contributed by atoms with Crippen molar-refractivity contribution < 1.29 is 19.0 Å². The van der Waals surface area contributed by atoms with E-state index in [1.54, 1.807) is 12.1 Å². The second-order valence-electron chi connectivity index (χ2n) is 5.66. The number of rotatable bonds is 9. The van der Waals surface area contributed by atoms with Gasteiger partial charge in [0.1, 0.15) is 18.9 Å². The number of nitrogens with one attached hydrogen (secondary N) is 3. The average molecular weight is 361 g/mol. The van der Waals surface area contributed by atoms with Crippen molar-refractivity contribution in [1.29, 1.82) is 0 Å². The number of likely N-dealkylation sites (N-methyl/N-ethyl adjacent to an activating group) is 1. The number of carbonyl (C=O) groups excluding carboxylic acids is 1. The number of ether oxygens (including phenoxy) is 1. The highest BCUT2D eigenvalue weighted by atomic mass is 19.1. The fourth-order valence-corrected chi connectivity index (χ4v) is 2.31. The van der Waals surface area contributed by atoms with Gasteiger partial charge in [-0.25, -0.2) is 9.18 Å². The lowest BCUT2D eigenvalue weighted by molar-refractivity contribution is 0.0637. The van der Waals surface area contributed by atoms with Crippen LogP contribution in [0.15, 0.2) is 54.6 Å². The van der Waals surface area contributed by atoms with Crippen molar-refractivity contribution in [2.45, 2.75) is 25.7 Å². The van der Waals surface area contributed by atoms with E-state index in [0.717, 1.165) is 5.56 Å². The SMILES string of the molecule is CCNC(NC(=O)NCc1ccccc1)C(O)COc1ccccc1F. The molecule has 26 heavy (non-hydrogen) atoms. The second-order valence-corrected chi connectivity index (χ2v) is 5.66. The molecule has 0 saturated carbocycles. The third-order valence-electron chi connectivity index (χ3n) is 3.64. The van der Waals surface area contributed by atoms with Crippen LogP contribution < -0.4 is 20.7 Å². The van der Waals surface area contributed by atoms with Gasteiger partial charge in [0.15, 0.2) is 11.6 Å². The lowest BCUT2D eigenvalue weighted by atomic mass is 10.2. The predicted octanol–water partition coefficient (Wildman–Crippen LogP) is 2.00. The van der Waals surface area contributed by atoms with Gasteiger partial charge in [-0.3, -0.25) is 5.32 Å². The van der Waals surface area contributed by atoms with Crippen LogP contribution in [0.1, 0.15) is 12.5 Å². The molecule has 2 atom stereocenters. The van der Waals surface area contributed by atoms with Gasteiger partial charge >= 0.3 is 6.03 Å². The number of urea groups is 1. The molecular weight excluding hydrogens is 337 g/mol. The minimum Gasteiger partial charge on any atom is -0.488 e. The summed E-state index contributed by atoms with van der Waals surface area (Å²) < 4.78 is 18.9. The van der Waals surface area contributed by atoms with Crippen LogP contribution >= 0.6 is 0 Å². The van der Waals surface area contributed by atoms with Crippen LogP contribution in [0.4, 0.5) is 9.18 Å². The Morgan fingerprint density at radius 2 is 1.85 bits per heavy atom. The summed E-state index contributed by atoms with van der Waals surface area (Å²) >= 11 is 0. The number of halogens is 1. The molecule has 0 aliphatic rings. The zero-order valence-electron chi connectivity index (χ0n) is 14.6. The van der Waals surface area contributed by atoms with E-state index in [2.05, 4.69) is 16.0 Å². The number of benzene rings is 2. The smallest absolute Gasteiger partial charge is 0.316 e. The Hall–Kier alpha value is -2.64. The Bertz CT molecular complexity index is 685. The first-order chi connectivity index (χ1) is 12.6. The monoisotopic (exact) mass is 361 g/mol. The van der Waals surface area contributed by atoms with Crippen molar-refractivity contribution in [2.75, 3.05) is 13.2 Å². The predicted molar refractivity (Wildman–Crippen MR) is 97.2 cm³/mol. The van der Waals surface area contributed by atoms with Gasteiger partial charge in [0.2, 0.25) is 0 Å². The normalized spacial score (nSPS) is 12.9. The molecule has 2 rings (SSSR count). The molecule has 2 unspecified atom stereocenters. The van der Waals surface area contributed by atoms with E-state index in [0.29, 0.717) is 13.1 Å². The molecule has 0 spiro atoms.